The third kappa shape index (κ3) is 3.31. The van der Waals surface area contributed by atoms with Crippen molar-refractivity contribution in [2.75, 3.05) is 26.2 Å². The summed E-state index contributed by atoms with van der Waals surface area (Å²) in [5.74, 6) is 2.66. The number of aromatic nitrogens is 3. The molecule has 1 saturated heterocycles. The fourth-order valence-corrected chi connectivity index (χ4v) is 3.98. The van der Waals surface area contributed by atoms with Gasteiger partial charge in [0.15, 0.2) is 0 Å². The first-order chi connectivity index (χ1) is 13.8. The van der Waals surface area contributed by atoms with Crippen LogP contribution in [0, 0.1) is 6.92 Å². The van der Waals surface area contributed by atoms with Crippen molar-refractivity contribution in [1.82, 2.24) is 24.6 Å². The summed E-state index contributed by atoms with van der Waals surface area (Å²) in [6, 6.07) is 19.0. The van der Waals surface area contributed by atoms with E-state index in [0.717, 1.165) is 62.4 Å². The average Bonchev–Trinajstić information content (AvgIpc) is 3.01. The Kier molecular flexibility index (Phi) is 4.41. The van der Waals surface area contributed by atoms with Gasteiger partial charge in [-0.2, -0.15) is 4.68 Å². The van der Waals surface area contributed by atoms with Gasteiger partial charge in [0.1, 0.15) is 11.6 Å². The van der Waals surface area contributed by atoms with Crippen molar-refractivity contribution in [3.63, 3.8) is 0 Å². The Morgan fingerprint density at radius 1 is 0.893 bits per heavy atom. The molecule has 0 aliphatic carbocycles. The lowest BCUT2D eigenvalue weighted by molar-refractivity contribution is 0.172. The van der Waals surface area contributed by atoms with Gasteiger partial charge in [0.25, 0.3) is 0 Å². The van der Waals surface area contributed by atoms with Crippen LogP contribution in [-0.2, 0) is 13.0 Å². The van der Waals surface area contributed by atoms with E-state index in [4.69, 9.17) is 4.99 Å². The van der Waals surface area contributed by atoms with Gasteiger partial charge in [-0.3, -0.25) is 4.90 Å². The van der Waals surface area contributed by atoms with E-state index in [-0.39, 0.29) is 0 Å². The van der Waals surface area contributed by atoms with Crippen LogP contribution in [0.1, 0.15) is 22.8 Å². The Bertz CT molecular complexity index is 999. The highest BCUT2D eigenvalue weighted by Crippen LogP contribution is 2.26. The summed E-state index contributed by atoms with van der Waals surface area (Å²) in [6.07, 6.45) is 0.762. The van der Waals surface area contributed by atoms with E-state index in [1.54, 1.807) is 0 Å². The van der Waals surface area contributed by atoms with Gasteiger partial charge in [-0.05, 0) is 24.1 Å². The molecular formula is C22H24N6. The summed E-state index contributed by atoms with van der Waals surface area (Å²) in [4.78, 5) is 14.5. The Balaban J connectivity index is 1.39. The first-order valence-electron chi connectivity index (χ1n) is 9.87. The van der Waals surface area contributed by atoms with Gasteiger partial charge in [0.05, 0.1) is 5.69 Å². The van der Waals surface area contributed by atoms with Gasteiger partial charge in [-0.1, -0.05) is 48.5 Å². The molecule has 5 rings (SSSR count). The summed E-state index contributed by atoms with van der Waals surface area (Å²) in [5, 5.41) is 4.66. The molecule has 0 saturated carbocycles. The molecule has 0 radical (unpaired) electrons. The molecule has 6 nitrogen and oxygen atoms in total. The number of para-hydroxylation sites is 1. The SMILES string of the molecule is Cc1nc2n(n1)C(N1CCN(Cc3ccccc3)CC1)=Nc1ccccc1C2. The topological polar surface area (TPSA) is 49.6 Å². The monoisotopic (exact) mass is 372 g/mol. The number of hydrogen-bond donors (Lipinski definition) is 0. The lowest BCUT2D eigenvalue weighted by Gasteiger charge is -2.36. The zero-order valence-corrected chi connectivity index (χ0v) is 16.1. The van der Waals surface area contributed by atoms with Crippen molar-refractivity contribution >= 4 is 11.6 Å². The van der Waals surface area contributed by atoms with Crippen molar-refractivity contribution in [3.8, 4) is 0 Å². The highest BCUT2D eigenvalue weighted by molar-refractivity contribution is 5.86. The molecular weight excluding hydrogens is 348 g/mol. The second kappa shape index (κ2) is 7.20. The standard InChI is InChI=1S/C22H24N6/c1-17-23-21-15-19-9-5-6-10-20(19)24-22(28(21)25-17)27-13-11-26(12-14-27)16-18-7-3-2-4-8-18/h2-10H,11-16H2,1H3. The molecule has 2 aliphatic heterocycles. The smallest absolute Gasteiger partial charge is 0.228 e. The third-order valence-corrected chi connectivity index (χ3v) is 5.43. The fraction of sp³-hybridized carbons (Fsp3) is 0.318. The van der Waals surface area contributed by atoms with Crippen LogP contribution in [0.15, 0.2) is 59.6 Å². The quantitative estimate of drug-likeness (QED) is 0.694. The number of rotatable bonds is 2. The number of aliphatic imine (C=N–C) groups is 1. The van der Waals surface area contributed by atoms with Gasteiger partial charge in [-0.15, -0.1) is 5.10 Å². The minimum atomic E-state index is 0.762. The molecule has 2 aromatic carbocycles. The summed E-state index contributed by atoms with van der Waals surface area (Å²) in [7, 11) is 0. The lowest BCUT2D eigenvalue weighted by Crippen LogP contribution is -2.50. The molecule has 0 amide bonds. The van der Waals surface area contributed by atoms with E-state index < -0.39 is 0 Å². The Morgan fingerprint density at radius 2 is 1.64 bits per heavy atom. The van der Waals surface area contributed by atoms with Crippen molar-refractivity contribution in [3.05, 3.63) is 77.4 Å². The molecule has 3 heterocycles. The minimum Gasteiger partial charge on any atom is -0.338 e. The van der Waals surface area contributed by atoms with Gasteiger partial charge >= 0.3 is 0 Å². The number of fused-ring (bicyclic) bond motifs is 2. The highest BCUT2D eigenvalue weighted by Gasteiger charge is 2.26. The zero-order valence-electron chi connectivity index (χ0n) is 16.1. The van der Waals surface area contributed by atoms with Crippen LogP contribution in [0.3, 0.4) is 0 Å². The van der Waals surface area contributed by atoms with Crippen molar-refractivity contribution in [2.45, 2.75) is 19.9 Å². The molecule has 0 spiro atoms. The van der Waals surface area contributed by atoms with Crippen molar-refractivity contribution < 1.29 is 0 Å². The predicted octanol–water partition coefficient (Wildman–Crippen LogP) is 2.84. The summed E-state index contributed by atoms with van der Waals surface area (Å²) in [5.41, 5.74) is 3.59. The number of piperazine rings is 1. The van der Waals surface area contributed by atoms with Crippen LogP contribution in [-0.4, -0.2) is 56.7 Å². The number of aryl methyl sites for hydroxylation is 1. The maximum atomic E-state index is 5.01. The molecule has 0 N–H and O–H groups in total. The normalized spacial score (nSPS) is 16.9. The van der Waals surface area contributed by atoms with Crippen molar-refractivity contribution in [1.29, 1.82) is 0 Å². The number of benzene rings is 2. The Hall–Kier alpha value is -2.99. The lowest BCUT2D eigenvalue weighted by atomic mass is 10.1. The molecule has 0 bridgehead atoms. The van der Waals surface area contributed by atoms with Crippen LogP contribution in [0.4, 0.5) is 5.69 Å². The number of hydrogen-bond acceptors (Lipinski definition) is 5. The van der Waals surface area contributed by atoms with E-state index in [0.29, 0.717) is 0 Å². The molecule has 1 fully saturated rings. The second-order valence-electron chi connectivity index (χ2n) is 7.45. The van der Waals surface area contributed by atoms with Crippen LogP contribution >= 0.6 is 0 Å². The van der Waals surface area contributed by atoms with E-state index >= 15 is 0 Å². The van der Waals surface area contributed by atoms with Crippen LogP contribution in [0.25, 0.3) is 0 Å². The second-order valence-corrected chi connectivity index (χ2v) is 7.45. The highest BCUT2D eigenvalue weighted by atomic mass is 15.5. The van der Waals surface area contributed by atoms with Gasteiger partial charge in [0.2, 0.25) is 5.96 Å². The first kappa shape index (κ1) is 17.1. The largest absolute Gasteiger partial charge is 0.338 e. The summed E-state index contributed by atoms with van der Waals surface area (Å²) < 4.78 is 1.95. The molecule has 0 unspecified atom stereocenters. The average molecular weight is 372 g/mol. The van der Waals surface area contributed by atoms with Crippen molar-refractivity contribution in [2.24, 2.45) is 4.99 Å². The first-order valence-corrected chi connectivity index (χ1v) is 9.87. The van der Waals surface area contributed by atoms with E-state index in [1.165, 1.54) is 11.1 Å². The predicted molar refractivity (Wildman–Crippen MR) is 110 cm³/mol. The number of nitrogens with zero attached hydrogens (tertiary/aromatic N) is 6. The van der Waals surface area contributed by atoms with Crippen LogP contribution in [0.5, 0.6) is 0 Å². The van der Waals surface area contributed by atoms with E-state index in [9.17, 15) is 0 Å². The summed E-state index contributed by atoms with van der Waals surface area (Å²) >= 11 is 0. The minimum absolute atomic E-state index is 0.762. The Morgan fingerprint density at radius 3 is 2.46 bits per heavy atom. The Labute approximate surface area is 165 Å². The molecule has 1 aromatic heterocycles. The van der Waals surface area contributed by atoms with Crippen LogP contribution < -0.4 is 0 Å². The molecule has 2 aliphatic rings. The van der Waals surface area contributed by atoms with E-state index in [1.807, 2.05) is 17.7 Å². The maximum absolute atomic E-state index is 5.01. The maximum Gasteiger partial charge on any atom is 0.228 e. The molecule has 142 valence electrons. The van der Waals surface area contributed by atoms with Crippen LogP contribution in [0.2, 0.25) is 0 Å². The molecule has 6 heteroatoms. The molecule has 0 atom stereocenters. The third-order valence-electron chi connectivity index (χ3n) is 5.43. The van der Waals surface area contributed by atoms with Gasteiger partial charge in [0, 0.05) is 39.1 Å². The fourth-order valence-electron chi connectivity index (χ4n) is 3.98. The molecule has 28 heavy (non-hydrogen) atoms. The summed E-state index contributed by atoms with van der Waals surface area (Å²) in [6.45, 7) is 6.84. The van der Waals surface area contributed by atoms with E-state index in [2.05, 4.69) is 68.4 Å². The van der Waals surface area contributed by atoms with Gasteiger partial charge < -0.3 is 4.90 Å². The molecule has 3 aromatic rings. The zero-order chi connectivity index (χ0) is 18.9. The van der Waals surface area contributed by atoms with Gasteiger partial charge in [-0.25, -0.2) is 9.98 Å².